The Morgan fingerprint density at radius 3 is 2.83 bits per heavy atom. The highest BCUT2D eigenvalue weighted by Crippen LogP contribution is 2.12. The molecule has 1 fully saturated rings. The van der Waals surface area contributed by atoms with Crippen LogP contribution in [0.2, 0.25) is 0 Å². The molecule has 1 aliphatic heterocycles. The third-order valence-electron chi connectivity index (χ3n) is 3.41. The Balaban J connectivity index is 1.79. The maximum atomic E-state index is 11.9. The highest BCUT2D eigenvalue weighted by molar-refractivity contribution is 5.93. The van der Waals surface area contributed by atoms with Crippen molar-refractivity contribution in [2.75, 3.05) is 25.4 Å². The van der Waals surface area contributed by atoms with Gasteiger partial charge in [0.2, 0.25) is 0 Å². The van der Waals surface area contributed by atoms with E-state index in [-0.39, 0.29) is 11.9 Å². The lowest BCUT2D eigenvalue weighted by molar-refractivity contribution is 0.0906. The molecule has 0 atom stereocenters. The van der Waals surface area contributed by atoms with Crippen LogP contribution < -0.4 is 11.1 Å². The maximum absolute atomic E-state index is 11.9. The van der Waals surface area contributed by atoms with E-state index < -0.39 is 0 Å². The third-order valence-corrected chi connectivity index (χ3v) is 3.41. The Bertz CT molecular complexity index is 393. The first-order valence-corrected chi connectivity index (χ1v) is 6.66. The zero-order chi connectivity index (χ0) is 13.0. The van der Waals surface area contributed by atoms with E-state index in [0.29, 0.717) is 11.4 Å². The monoisotopic (exact) mass is 250 g/mol. The number of likely N-dealkylation sites (tertiary alicyclic amines) is 1. The molecule has 2 heterocycles. The van der Waals surface area contributed by atoms with E-state index in [4.69, 9.17) is 5.73 Å². The summed E-state index contributed by atoms with van der Waals surface area (Å²) in [6.07, 6.45) is 4.89. The lowest BCUT2D eigenvalue weighted by Crippen LogP contribution is -2.44. The van der Waals surface area contributed by atoms with Gasteiger partial charge in [-0.25, -0.2) is 0 Å². The van der Waals surface area contributed by atoms with Gasteiger partial charge < -0.3 is 20.9 Å². The van der Waals surface area contributed by atoms with Gasteiger partial charge in [0, 0.05) is 31.0 Å². The van der Waals surface area contributed by atoms with E-state index in [1.165, 1.54) is 6.42 Å². The lowest BCUT2D eigenvalue weighted by atomic mass is 10.0. The van der Waals surface area contributed by atoms with E-state index in [9.17, 15) is 4.79 Å². The number of rotatable bonds is 4. The fourth-order valence-electron chi connectivity index (χ4n) is 2.42. The minimum Gasteiger partial charge on any atom is -0.397 e. The van der Waals surface area contributed by atoms with Crippen molar-refractivity contribution in [2.45, 2.75) is 32.2 Å². The molecule has 5 nitrogen and oxygen atoms in total. The van der Waals surface area contributed by atoms with E-state index in [1.807, 2.05) is 0 Å². The van der Waals surface area contributed by atoms with E-state index in [0.717, 1.165) is 32.5 Å². The number of carbonyl (C=O) groups is 1. The third kappa shape index (κ3) is 3.26. The smallest absolute Gasteiger partial charge is 0.267 e. The summed E-state index contributed by atoms with van der Waals surface area (Å²) in [5, 5.41) is 3.06. The van der Waals surface area contributed by atoms with Gasteiger partial charge in [0.15, 0.2) is 0 Å². The number of aromatic amines is 1. The van der Waals surface area contributed by atoms with Gasteiger partial charge in [-0.3, -0.25) is 4.79 Å². The number of aromatic nitrogens is 1. The largest absolute Gasteiger partial charge is 0.397 e. The second-order valence-corrected chi connectivity index (χ2v) is 4.94. The number of nitrogen functional groups attached to an aromatic ring is 1. The number of anilines is 1. The van der Waals surface area contributed by atoms with Crippen molar-refractivity contribution < 1.29 is 4.79 Å². The van der Waals surface area contributed by atoms with Gasteiger partial charge in [-0.15, -0.1) is 0 Å². The minimum absolute atomic E-state index is 0.0550. The first-order valence-electron chi connectivity index (χ1n) is 6.66. The summed E-state index contributed by atoms with van der Waals surface area (Å²) in [6.45, 7) is 5.51. The number of hydrogen-bond donors (Lipinski definition) is 3. The molecule has 1 aromatic rings. The predicted octanol–water partition coefficient (Wildman–Crippen LogP) is 1.20. The number of H-pyrrole nitrogens is 1. The Morgan fingerprint density at radius 2 is 2.28 bits per heavy atom. The molecule has 2 rings (SSSR count). The molecule has 0 spiro atoms. The second-order valence-electron chi connectivity index (χ2n) is 4.94. The Hall–Kier alpha value is -1.49. The summed E-state index contributed by atoms with van der Waals surface area (Å²) in [5.41, 5.74) is 6.72. The highest BCUT2D eigenvalue weighted by atomic mass is 16.1. The number of nitrogens with one attached hydrogen (secondary N) is 2. The van der Waals surface area contributed by atoms with Crippen LogP contribution >= 0.6 is 0 Å². The molecule has 1 aliphatic rings. The Labute approximate surface area is 108 Å². The minimum atomic E-state index is -0.0550. The molecule has 18 heavy (non-hydrogen) atoms. The number of carbonyl (C=O) groups excluding carboxylic acids is 1. The van der Waals surface area contributed by atoms with Crippen LogP contribution in [0.1, 0.15) is 36.7 Å². The topological polar surface area (TPSA) is 74.2 Å². The average molecular weight is 250 g/mol. The van der Waals surface area contributed by atoms with Crippen LogP contribution in [0.4, 0.5) is 5.69 Å². The normalized spacial score (nSPS) is 17.8. The van der Waals surface area contributed by atoms with Crippen LogP contribution in [0.25, 0.3) is 0 Å². The van der Waals surface area contributed by atoms with Crippen molar-refractivity contribution in [1.82, 2.24) is 15.2 Å². The van der Waals surface area contributed by atoms with Crippen molar-refractivity contribution >= 4 is 11.6 Å². The molecule has 4 N–H and O–H groups in total. The predicted molar refractivity (Wildman–Crippen MR) is 72.4 cm³/mol. The second kappa shape index (κ2) is 5.91. The van der Waals surface area contributed by atoms with Gasteiger partial charge in [0.1, 0.15) is 5.69 Å². The van der Waals surface area contributed by atoms with Gasteiger partial charge in [0.05, 0.1) is 0 Å². The molecule has 5 heteroatoms. The molecule has 0 aromatic carbocycles. The van der Waals surface area contributed by atoms with Crippen molar-refractivity contribution in [2.24, 2.45) is 0 Å². The molecule has 0 saturated carbocycles. The Morgan fingerprint density at radius 1 is 1.56 bits per heavy atom. The van der Waals surface area contributed by atoms with Crippen molar-refractivity contribution in [3.8, 4) is 0 Å². The number of hydrogen-bond acceptors (Lipinski definition) is 3. The number of nitrogens with zero attached hydrogens (tertiary/aromatic N) is 1. The summed E-state index contributed by atoms with van der Waals surface area (Å²) < 4.78 is 0. The highest BCUT2D eigenvalue weighted by Gasteiger charge is 2.20. The maximum Gasteiger partial charge on any atom is 0.267 e. The summed E-state index contributed by atoms with van der Waals surface area (Å²) in [7, 11) is 0. The van der Waals surface area contributed by atoms with E-state index >= 15 is 0 Å². The van der Waals surface area contributed by atoms with Gasteiger partial charge in [-0.2, -0.15) is 0 Å². The molecular weight excluding hydrogens is 228 g/mol. The number of piperidine rings is 1. The van der Waals surface area contributed by atoms with Crippen LogP contribution in [0, 0.1) is 0 Å². The van der Waals surface area contributed by atoms with Crippen molar-refractivity contribution in [3.63, 3.8) is 0 Å². The van der Waals surface area contributed by atoms with Gasteiger partial charge >= 0.3 is 0 Å². The fraction of sp³-hybridized carbons (Fsp3) is 0.615. The molecule has 100 valence electrons. The van der Waals surface area contributed by atoms with Crippen LogP contribution in [0.15, 0.2) is 12.3 Å². The summed E-state index contributed by atoms with van der Waals surface area (Å²) in [6, 6.07) is 1.96. The molecule has 1 aromatic heterocycles. The molecule has 0 aliphatic carbocycles. The van der Waals surface area contributed by atoms with Crippen LogP contribution in [-0.4, -0.2) is 41.5 Å². The first kappa shape index (κ1) is 13.0. The fourth-order valence-corrected chi connectivity index (χ4v) is 2.42. The number of amides is 1. The SMILES string of the molecule is CCCN1CCC(NC(=O)c2cc(N)c[nH]2)CC1. The molecule has 0 bridgehead atoms. The summed E-state index contributed by atoms with van der Waals surface area (Å²) >= 11 is 0. The van der Waals surface area contributed by atoms with Crippen LogP contribution in [0.3, 0.4) is 0 Å². The quantitative estimate of drug-likeness (QED) is 0.751. The molecular formula is C13H22N4O. The average Bonchev–Trinajstić information content (AvgIpc) is 2.79. The molecule has 0 unspecified atom stereocenters. The molecule has 0 radical (unpaired) electrons. The first-order chi connectivity index (χ1) is 8.69. The van der Waals surface area contributed by atoms with Crippen LogP contribution in [0.5, 0.6) is 0 Å². The van der Waals surface area contributed by atoms with E-state index in [1.54, 1.807) is 12.3 Å². The van der Waals surface area contributed by atoms with Crippen molar-refractivity contribution in [3.05, 3.63) is 18.0 Å². The van der Waals surface area contributed by atoms with E-state index in [2.05, 4.69) is 22.1 Å². The molecule has 1 saturated heterocycles. The van der Waals surface area contributed by atoms with Gasteiger partial charge in [0.25, 0.3) is 5.91 Å². The zero-order valence-electron chi connectivity index (χ0n) is 10.9. The zero-order valence-corrected chi connectivity index (χ0v) is 10.9. The number of nitrogens with two attached hydrogens (primary N) is 1. The lowest BCUT2D eigenvalue weighted by Gasteiger charge is -2.31. The Kier molecular flexibility index (Phi) is 4.25. The van der Waals surface area contributed by atoms with Gasteiger partial charge in [-0.1, -0.05) is 6.92 Å². The van der Waals surface area contributed by atoms with Gasteiger partial charge in [-0.05, 0) is 31.9 Å². The molecule has 1 amide bonds. The van der Waals surface area contributed by atoms with Crippen molar-refractivity contribution in [1.29, 1.82) is 0 Å². The summed E-state index contributed by atoms with van der Waals surface area (Å²) in [5.74, 6) is -0.0550. The van der Waals surface area contributed by atoms with Crippen LogP contribution in [-0.2, 0) is 0 Å². The standard InChI is InChI=1S/C13H22N4O/c1-2-5-17-6-3-11(4-7-17)16-13(18)12-8-10(14)9-15-12/h8-9,11,15H,2-7,14H2,1H3,(H,16,18). The summed E-state index contributed by atoms with van der Waals surface area (Å²) in [4.78, 5) is 17.3.